The lowest BCUT2D eigenvalue weighted by atomic mass is 10.2. The summed E-state index contributed by atoms with van der Waals surface area (Å²) >= 11 is 12.7. The molecule has 0 atom stereocenters. The summed E-state index contributed by atoms with van der Waals surface area (Å²) in [6.07, 6.45) is 1.53. The van der Waals surface area contributed by atoms with Gasteiger partial charge in [0, 0.05) is 5.02 Å². The summed E-state index contributed by atoms with van der Waals surface area (Å²) in [6.45, 7) is 2.33. The van der Waals surface area contributed by atoms with Gasteiger partial charge in [-0.3, -0.25) is 4.79 Å². The van der Waals surface area contributed by atoms with Crippen molar-refractivity contribution in [3.8, 4) is 11.5 Å². The van der Waals surface area contributed by atoms with Gasteiger partial charge in [0.15, 0.2) is 6.61 Å². The average molecular weight is 491 g/mol. The molecule has 0 fully saturated rings. The van der Waals surface area contributed by atoms with Crippen molar-refractivity contribution < 1.29 is 14.3 Å². The predicted molar refractivity (Wildman–Crippen MR) is 106 cm³/mol. The number of amides is 1. The molecular formula is C17H15Br2ClN2O3. The highest BCUT2D eigenvalue weighted by Gasteiger charge is 2.08. The Bertz CT molecular complexity index is 744. The fourth-order valence-corrected chi connectivity index (χ4v) is 3.40. The predicted octanol–water partition coefficient (Wildman–Crippen LogP) is 4.79. The minimum atomic E-state index is -0.365. The number of carbonyl (C=O) groups excluding carboxylic acids is 1. The number of ether oxygens (including phenoxy) is 2. The molecule has 0 radical (unpaired) electrons. The maximum Gasteiger partial charge on any atom is 0.277 e. The lowest BCUT2D eigenvalue weighted by Gasteiger charge is -2.09. The summed E-state index contributed by atoms with van der Waals surface area (Å²) in [7, 11) is 0. The van der Waals surface area contributed by atoms with Crippen LogP contribution in [0.2, 0.25) is 5.02 Å². The van der Waals surface area contributed by atoms with Crippen LogP contribution in [0.3, 0.4) is 0 Å². The summed E-state index contributed by atoms with van der Waals surface area (Å²) in [5, 5.41) is 4.52. The Hall–Kier alpha value is -1.57. The molecule has 0 bridgehead atoms. The van der Waals surface area contributed by atoms with Gasteiger partial charge in [-0.05, 0) is 80.7 Å². The van der Waals surface area contributed by atoms with Crippen molar-refractivity contribution in [2.45, 2.75) is 6.92 Å². The van der Waals surface area contributed by atoms with Gasteiger partial charge in [-0.25, -0.2) is 5.43 Å². The molecule has 0 saturated carbocycles. The van der Waals surface area contributed by atoms with Crippen LogP contribution in [-0.2, 0) is 4.79 Å². The molecule has 132 valence electrons. The molecule has 5 nitrogen and oxygen atoms in total. The van der Waals surface area contributed by atoms with E-state index < -0.39 is 0 Å². The number of halogens is 3. The number of benzene rings is 2. The summed E-state index contributed by atoms with van der Waals surface area (Å²) in [5.41, 5.74) is 3.20. The van der Waals surface area contributed by atoms with Gasteiger partial charge in [0.05, 0.1) is 21.8 Å². The lowest BCUT2D eigenvalue weighted by molar-refractivity contribution is -0.123. The van der Waals surface area contributed by atoms with Crippen LogP contribution in [0.4, 0.5) is 0 Å². The standard InChI is InChI=1S/C17H15Br2ClN2O3/c1-2-24-17-14(18)7-11(8-15(17)19)9-21-22-16(23)10-25-13-5-3-12(20)4-6-13/h3-9H,2,10H2,1H3,(H,22,23)/b21-9-. The molecular weight excluding hydrogens is 475 g/mol. The van der Waals surface area contributed by atoms with Crippen LogP contribution in [0.25, 0.3) is 0 Å². The second-order valence-electron chi connectivity index (χ2n) is 4.78. The first-order valence-electron chi connectivity index (χ1n) is 7.31. The first kappa shape index (κ1) is 19.8. The fourth-order valence-electron chi connectivity index (χ4n) is 1.83. The highest BCUT2D eigenvalue weighted by Crippen LogP contribution is 2.34. The van der Waals surface area contributed by atoms with Crippen molar-refractivity contribution in [2.24, 2.45) is 5.10 Å². The van der Waals surface area contributed by atoms with Gasteiger partial charge in [0.25, 0.3) is 5.91 Å². The summed E-state index contributed by atoms with van der Waals surface area (Å²) in [5.74, 6) is 0.915. The van der Waals surface area contributed by atoms with E-state index in [9.17, 15) is 4.79 Å². The van der Waals surface area contributed by atoms with Gasteiger partial charge in [0.1, 0.15) is 11.5 Å². The quantitative estimate of drug-likeness (QED) is 0.448. The van der Waals surface area contributed by atoms with E-state index in [-0.39, 0.29) is 12.5 Å². The monoisotopic (exact) mass is 488 g/mol. The van der Waals surface area contributed by atoms with Gasteiger partial charge in [0.2, 0.25) is 0 Å². The number of hydrogen-bond donors (Lipinski definition) is 1. The molecule has 0 aliphatic carbocycles. The van der Waals surface area contributed by atoms with Crippen LogP contribution in [0.15, 0.2) is 50.4 Å². The number of nitrogens with zero attached hydrogens (tertiary/aromatic N) is 1. The Morgan fingerprint density at radius 1 is 1.20 bits per heavy atom. The SMILES string of the molecule is CCOc1c(Br)cc(/C=N\NC(=O)COc2ccc(Cl)cc2)cc1Br. The maximum absolute atomic E-state index is 11.7. The van der Waals surface area contributed by atoms with E-state index in [4.69, 9.17) is 21.1 Å². The minimum absolute atomic E-state index is 0.143. The Kier molecular flexibility index (Phi) is 7.74. The second kappa shape index (κ2) is 9.79. The number of rotatable bonds is 7. The molecule has 0 aliphatic heterocycles. The van der Waals surface area contributed by atoms with Gasteiger partial charge in [-0.1, -0.05) is 11.6 Å². The van der Waals surface area contributed by atoms with Crippen LogP contribution < -0.4 is 14.9 Å². The highest BCUT2D eigenvalue weighted by atomic mass is 79.9. The highest BCUT2D eigenvalue weighted by molar-refractivity contribution is 9.11. The molecule has 1 N–H and O–H groups in total. The van der Waals surface area contributed by atoms with Crippen molar-refractivity contribution in [3.05, 3.63) is 55.9 Å². The number of hydrazone groups is 1. The average Bonchev–Trinajstić information content (AvgIpc) is 2.58. The molecule has 0 spiro atoms. The van der Waals surface area contributed by atoms with Crippen LogP contribution in [-0.4, -0.2) is 25.3 Å². The molecule has 0 unspecified atom stereocenters. The van der Waals surface area contributed by atoms with E-state index in [1.54, 1.807) is 24.3 Å². The zero-order valence-electron chi connectivity index (χ0n) is 13.3. The van der Waals surface area contributed by atoms with Crippen molar-refractivity contribution >= 4 is 55.6 Å². The van der Waals surface area contributed by atoms with Crippen molar-refractivity contribution in [1.29, 1.82) is 0 Å². The van der Waals surface area contributed by atoms with Crippen molar-refractivity contribution in [1.82, 2.24) is 5.43 Å². The first-order chi connectivity index (χ1) is 12.0. The Morgan fingerprint density at radius 2 is 1.84 bits per heavy atom. The number of hydrogen-bond acceptors (Lipinski definition) is 4. The largest absolute Gasteiger partial charge is 0.492 e. The van der Waals surface area contributed by atoms with E-state index in [0.717, 1.165) is 20.3 Å². The van der Waals surface area contributed by atoms with Crippen LogP contribution in [0.1, 0.15) is 12.5 Å². The van der Waals surface area contributed by atoms with E-state index >= 15 is 0 Å². The smallest absolute Gasteiger partial charge is 0.277 e. The van der Waals surface area contributed by atoms with E-state index in [0.29, 0.717) is 17.4 Å². The molecule has 0 heterocycles. The molecule has 0 aromatic heterocycles. The summed E-state index contributed by atoms with van der Waals surface area (Å²) < 4.78 is 12.4. The third kappa shape index (κ3) is 6.34. The topological polar surface area (TPSA) is 59.9 Å². The van der Waals surface area contributed by atoms with Crippen LogP contribution >= 0.6 is 43.5 Å². The molecule has 0 saturated heterocycles. The van der Waals surface area contributed by atoms with E-state index in [2.05, 4.69) is 42.4 Å². The first-order valence-corrected chi connectivity index (χ1v) is 9.28. The molecule has 2 aromatic carbocycles. The van der Waals surface area contributed by atoms with Crippen LogP contribution in [0.5, 0.6) is 11.5 Å². The van der Waals surface area contributed by atoms with E-state index in [1.807, 2.05) is 19.1 Å². The zero-order valence-corrected chi connectivity index (χ0v) is 17.2. The van der Waals surface area contributed by atoms with Gasteiger partial charge in [-0.2, -0.15) is 5.10 Å². The third-order valence-electron chi connectivity index (χ3n) is 2.90. The second-order valence-corrected chi connectivity index (χ2v) is 6.93. The summed E-state index contributed by atoms with van der Waals surface area (Å²) in [6, 6.07) is 10.4. The fraction of sp³-hybridized carbons (Fsp3) is 0.176. The molecule has 2 rings (SSSR count). The van der Waals surface area contributed by atoms with Gasteiger partial charge in [-0.15, -0.1) is 0 Å². The van der Waals surface area contributed by atoms with Crippen LogP contribution in [0, 0.1) is 0 Å². The summed E-state index contributed by atoms with van der Waals surface area (Å²) in [4.78, 5) is 11.7. The Labute approximate surface area is 167 Å². The molecule has 25 heavy (non-hydrogen) atoms. The number of nitrogens with one attached hydrogen (secondary N) is 1. The molecule has 2 aromatic rings. The molecule has 0 aliphatic rings. The van der Waals surface area contributed by atoms with Gasteiger partial charge < -0.3 is 9.47 Å². The third-order valence-corrected chi connectivity index (χ3v) is 4.33. The van der Waals surface area contributed by atoms with Crippen molar-refractivity contribution in [3.63, 3.8) is 0 Å². The van der Waals surface area contributed by atoms with E-state index in [1.165, 1.54) is 6.21 Å². The van der Waals surface area contributed by atoms with Gasteiger partial charge >= 0.3 is 0 Å². The number of carbonyl (C=O) groups is 1. The zero-order chi connectivity index (χ0) is 18.2. The normalized spacial score (nSPS) is 10.7. The lowest BCUT2D eigenvalue weighted by Crippen LogP contribution is -2.24. The minimum Gasteiger partial charge on any atom is -0.492 e. The molecule has 8 heteroatoms. The molecule has 1 amide bonds. The van der Waals surface area contributed by atoms with Crippen molar-refractivity contribution in [2.75, 3.05) is 13.2 Å². The Balaban J connectivity index is 1.87. The maximum atomic E-state index is 11.7. The Morgan fingerprint density at radius 3 is 2.44 bits per heavy atom.